The minimum absolute atomic E-state index is 0.169. The number of benzene rings is 1. The Morgan fingerprint density at radius 3 is 3.04 bits per heavy atom. The fraction of sp³-hybridized carbons (Fsp3) is 0.278. The number of rotatable bonds is 4. The number of carbonyl (C=O) groups excluding carboxylic acids is 2. The minimum atomic E-state index is -0.479. The summed E-state index contributed by atoms with van der Waals surface area (Å²) in [7, 11) is 1.60. The molecular formula is C18H18N4O3S. The maximum atomic E-state index is 13.0. The largest absolute Gasteiger partial charge is 0.497 e. The van der Waals surface area contributed by atoms with E-state index in [2.05, 4.69) is 15.3 Å². The average Bonchev–Trinajstić information content (AvgIpc) is 3.39. The molecule has 1 fully saturated rings. The number of methoxy groups -OCH3 is 1. The fourth-order valence-electron chi connectivity index (χ4n) is 3.26. The molecule has 0 saturated carbocycles. The molecule has 1 aliphatic rings. The van der Waals surface area contributed by atoms with Gasteiger partial charge in [0.15, 0.2) is 5.13 Å². The van der Waals surface area contributed by atoms with Crippen molar-refractivity contribution in [3.63, 3.8) is 0 Å². The summed E-state index contributed by atoms with van der Waals surface area (Å²) in [4.78, 5) is 34.3. The summed E-state index contributed by atoms with van der Waals surface area (Å²) in [6, 6.07) is 6.93. The Hall–Kier alpha value is -2.87. The minimum Gasteiger partial charge on any atom is -0.497 e. The lowest BCUT2D eigenvalue weighted by atomic mass is 10.2. The van der Waals surface area contributed by atoms with Crippen LogP contribution in [0.3, 0.4) is 0 Å². The Kier molecular flexibility index (Phi) is 4.34. The van der Waals surface area contributed by atoms with E-state index < -0.39 is 6.04 Å². The van der Waals surface area contributed by atoms with Gasteiger partial charge in [-0.05, 0) is 31.0 Å². The highest BCUT2D eigenvalue weighted by molar-refractivity contribution is 7.13. The molecule has 1 atom stereocenters. The van der Waals surface area contributed by atoms with Gasteiger partial charge in [-0.2, -0.15) is 0 Å². The van der Waals surface area contributed by atoms with Crippen LogP contribution >= 0.6 is 11.3 Å². The molecule has 2 amide bonds. The SMILES string of the molecule is COc1ccc2cc(C(=O)N3CCCC3C(=O)Nc3nccs3)[nH]c2c1. The number of amides is 2. The van der Waals surface area contributed by atoms with Crippen molar-refractivity contribution >= 4 is 39.2 Å². The van der Waals surface area contributed by atoms with Crippen molar-refractivity contribution < 1.29 is 14.3 Å². The van der Waals surface area contributed by atoms with Crippen molar-refractivity contribution in [3.8, 4) is 5.75 Å². The van der Waals surface area contributed by atoms with Gasteiger partial charge >= 0.3 is 0 Å². The van der Waals surface area contributed by atoms with Gasteiger partial charge in [-0.25, -0.2) is 4.98 Å². The summed E-state index contributed by atoms with van der Waals surface area (Å²) in [5.41, 5.74) is 1.30. The van der Waals surface area contributed by atoms with Crippen molar-refractivity contribution in [1.82, 2.24) is 14.9 Å². The van der Waals surface area contributed by atoms with Crippen LogP contribution in [0.5, 0.6) is 5.75 Å². The predicted octanol–water partition coefficient (Wildman–Crippen LogP) is 2.88. The number of likely N-dealkylation sites (tertiary alicyclic amines) is 1. The topological polar surface area (TPSA) is 87.3 Å². The molecule has 7 nitrogen and oxygen atoms in total. The van der Waals surface area contributed by atoms with E-state index in [4.69, 9.17) is 4.74 Å². The van der Waals surface area contributed by atoms with Gasteiger partial charge in [0.25, 0.3) is 5.91 Å². The molecule has 4 rings (SSSR count). The molecule has 3 aromatic rings. The zero-order chi connectivity index (χ0) is 18.1. The van der Waals surface area contributed by atoms with Crippen molar-refractivity contribution in [2.75, 3.05) is 19.0 Å². The number of nitrogens with one attached hydrogen (secondary N) is 2. The van der Waals surface area contributed by atoms with E-state index in [1.54, 1.807) is 23.6 Å². The number of anilines is 1. The van der Waals surface area contributed by atoms with Crippen LogP contribution in [0.4, 0.5) is 5.13 Å². The highest BCUT2D eigenvalue weighted by atomic mass is 32.1. The van der Waals surface area contributed by atoms with Gasteiger partial charge in [0, 0.05) is 35.1 Å². The molecule has 1 aliphatic heterocycles. The van der Waals surface area contributed by atoms with Crippen molar-refractivity contribution in [1.29, 1.82) is 0 Å². The first-order chi connectivity index (χ1) is 12.7. The molecule has 3 heterocycles. The van der Waals surface area contributed by atoms with Gasteiger partial charge in [0.1, 0.15) is 17.5 Å². The standard InChI is InChI=1S/C18H18N4O3S/c1-25-12-5-4-11-9-14(20-13(11)10-12)17(24)22-7-2-3-15(22)16(23)21-18-19-6-8-26-18/h4-6,8-10,15,20H,2-3,7H2,1H3,(H,19,21,23). The Labute approximate surface area is 154 Å². The van der Waals surface area contributed by atoms with Gasteiger partial charge in [-0.1, -0.05) is 0 Å². The molecule has 0 spiro atoms. The number of H-pyrrole nitrogens is 1. The second kappa shape index (κ2) is 6.80. The molecule has 0 radical (unpaired) electrons. The maximum Gasteiger partial charge on any atom is 0.270 e. The van der Waals surface area contributed by atoms with Crippen LogP contribution in [0.2, 0.25) is 0 Å². The maximum absolute atomic E-state index is 13.0. The quantitative estimate of drug-likeness (QED) is 0.739. The average molecular weight is 370 g/mol. The summed E-state index contributed by atoms with van der Waals surface area (Å²) >= 11 is 1.36. The number of hydrogen-bond acceptors (Lipinski definition) is 5. The van der Waals surface area contributed by atoms with E-state index in [-0.39, 0.29) is 11.8 Å². The number of ether oxygens (including phenoxy) is 1. The third-order valence-electron chi connectivity index (χ3n) is 4.54. The monoisotopic (exact) mass is 370 g/mol. The van der Waals surface area contributed by atoms with E-state index in [1.165, 1.54) is 11.3 Å². The van der Waals surface area contributed by atoms with Gasteiger partial charge in [0.05, 0.1) is 7.11 Å². The molecule has 0 bridgehead atoms. The predicted molar refractivity (Wildman–Crippen MR) is 99.7 cm³/mol. The number of fused-ring (bicyclic) bond motifs is 1. The summed E-state index contributed by atoms with van der Waals surface area (Å²) in [5.74, 6) is 0.362. The second-order valence-electron chi connectivity index (χ2n) is 6.12. The second-order valence-corrected chi connectivity index (χ2v) is 7.01. The van der Waals surface area contributed by atoms with Crippen molar-refractivity contribution in [2.45, 2.75) is 18.9 Å². The van der Waals surface area contributed by atoms with Gasteiger partial charge < -0.3 is 19.9 Å². The molecule has 2 N–H and O–H groups in total. The molecule has 1 aromatic carbocycles. The zero-order valence-electron chi connectivity index (χ0n) is 14.2. The summed E-state index contributed by atoms with van der Waals surface area (Å²) in [6.07, 6.45) is 3.09. The zero-order valence-corrected chi connectivity index (χ0v) is 15.0. The number of aromatic amines is 1. The van der Waals surface area contributed by atoms with E-state index >= 15 is 0 Å². The smallest absolute Gasteiger partial charge is 0.270 e. The highest BCUT2D eigenvalue weighted by Crippen LogP contribution is 2.25. The number of thiazole rings is 1. The van der Waals surface area contributed by atoms with Gasteiger partial charge in [-0.3, -0.25) is 9.59 Å². The lowest BCUT2D eigenvalue weighted by molar-refractivity contribution is -0.119. The molecule has 26 heavy (non-hydrogen) atoms. The van der Waals surface area contributed by atoms with E-state index in [0.29, 0.717) is 23.8 Å². The molecule has 0 aliphatic carbocycles. The van der Waals surface area contributed by atoms with Crippen LogP contribution in [0.15, 0.2) is 35.8 Å². The van der Waals surface area contributed by atoms with Crippen LogP contribution in [0, 0.1) is 0 Å². The van der Waals surface area contributed by atoms with Crippen molar-refractivity contribution in [2.24, 2.45) is 0 Å². The van der Waals surface area contributed by atoms with E-state index in [0.717, 1.165) is 23.1 Å². The summed E-state index contributed by atoms with van der Waals surface area (Å²) in [5, 5.41) is 6.06. The normalized spacial score (nSPS) is 16.8. The fourth-order valence-corrected chi connectivity index (χ4v) is 3.79. The Balaban J connectivity index is 1.55. The first-order valence-corrected chi connectivity index (χ1v) is 9.22. The number of nitrogens with zero attached hydrogens (tertiary/aromatic N) is 2. The van der Waals surface area contributed by atoms with Gasteiger partial charge in [0.2, 0.25) is 5.91 Å². The Morgan fingerprint density at radius 2 is 2.27 bits per heavy atom. The number of aromatic nitrogens is 2. The van der Waals surface area contributed by atoms with Crippen LogP contribution in [-0.4, -0.2) is 46.4 Å². The van der Waals surface area contributed by atoms with E-state index in [9.17, 15) is 9.59 Å². The first-order valence-electron chi connectivity index (χ1n) is 8.34. The number of hydrogen-bond donors (Lipinski definition) is 2. The third-order valence-corrected chi connectivity index (χ3v) is 5.23. The molecular weight excluding hydrogens is 352 g/mol. The van der Waals surface area contributed by atoms with Crippen LogP contribution < -0.4 is 10.1 Å². The highest BCUT2D eigenvalue weighted by Gasteiger charge is 2.35. The Morgan fingerprint density at radius 1 is 1.38 bits per heavy atom. The molecule has 1 unspecified atom stereocenters. The van der Waals surface area contributed by atoms with Gasteiger partial charge in [-0.15, -0.1) is 11.3 Å². The molecule has 2 aromatic heterocycles. The molecule has 134 valence electrons. The third kappa shape index (κ3) is 3.03. The number of carbonyl (C=O) groups is 2. The first kappa shape index (κ1) is 16.6. The lowest BCUT2D eigenvalue weighted by Gasteiger charge is -2.23. The summed E-state index contributed by atoms with van der Waals surface area (Å²) < 4.78 is 5.22. The van der Waals surface area contributed by atoms with Crippen molar-refractivity contribution in [3.05, 3.63) is 41.5 Å². The van der Waals surface area contributed by atoms with Crippen LogP contribution in [0.1, 0.15) is 23.3 Å². The van der Waals surface area contributed by atoms with Crippen LogP contribution in [-0.2, 0) is 4.79 Å². The lowest BCUT2D eigenvalue weighted by Crippen LogP contribution is -2.43. The summed E-state index contributed by atoms with van der Waals surface area (Å²) in [6.45, 7) is 0.563. The molecule has 8 heteroatoms. The Bertz CT molecular complexity index is 951. The molecule has 1 saturated heterocycles. The van der Waals surface area contributed by atoms with Crippen LogP contribution in [0.25, 0.3) is 10.9 Å². The van der Waals surface area contributed by atoms with E-state index in [1.807, 2.05) is 24.3 Å².